The average Bonchev–Trinajstić information content (AvgIpc) is 1.86. The van der Waals surface area contributed by atoms with E-state index < -0.39 is 6.29 Å². The molecule has 3 unspecified atom stereocenters. The summed E-state index contributed by atoms with van der Waals surface area (Å²) in [5, 5.41) is 8.95. The lowest BCUT2D eigenvalue weighted by atomic mass is 10.0. The van der Waals surface area contributed by atoms with Crippen LogP contribution in [-0.4, -0.2) is 30.6 Å². The monoisotopic (exact) mass is 146 g/mol. The summed E-state index contributed by atoms with van der Waals surface area (Å²) in [4.78, 5) is 0. The molecule has 10 heavy (non-hydrogen) atoms. The van der Waals surface area contributed by atoms with Gasteiger partial charge in [0.25, 0.3) is 0 Å². The number of aliphatic hydroxyl groups is 1. The minimum atomic E-state index is -0.683. The van der Waals surface area contributed by atoms with Crippen LogP contribution in [-0.2, 0) is 14.2 Å². The third-order valence-electron chi connectivity index (χ3n) is 1.84. The van der Waals surface area contributed by atoms with Gasteiger partial charge in [0.1, 0.15) is 0 Å². The second kappa shape index (κ2) is 2.17. The van der Waals surface area contributed by atoms with Gasteiger partial charge in [-0.05, 0) is 6.92 Å². The van der Waals surface area contributed by atoms with Crippen molar-refractivity contribution in [3.05, 3.63) is 0 Å². The molecule has 2 fully saturated rings. The Bertz CT molecular complexity index is 136. The number of fused-ring (bicyclic) bond motifs is 1. The molecule has 0 radical (unpaired) electrons. The molecule has 0 aliphatic carbocycles. The first-order chi connectivity index (χ1) is 4.77. The van der Waals surface area contributed by atoms with Crippen molar-refractivity contribution in [2.24, 2.45) is 5.92 Å². The van der Waals surface area contributed by atoms with Gasteiger partial charge in [0.2, 0.25) is 0 Å². The summed E-state index contributed by atoms with van der Waals surface area (Å²) in [5.41, 5.74) is 0. The Morgan fingerprint density at radius 3 is 2.80 bits per heavy atom. The topological polar surface area (TPSA) is 47.9 Å². The smallest absolute Gasteiger partial charge is 0.173 e. The van der Waals surface area contributed by atoms with Crippen molar-refractivity contribution in [1.29, 1.82) is 0 Å². The Kier molecular flexibility index (Phi) is 1.42. The summed E-state index contributed by atoms with van der Waals surface area (Å²) in [5.74, 6) is 0.0243. The van der Waals surface area contributed by atoms with Crippen LogP contribution in [0.5, 0.6) is 0 Å². The van der Waals surface area contributed by atoms with Crippen LogP contribution in [0.25, 0.3) is 0 Å². The van der Waals surface area contributed by atoms with E-state index in [9.17, 15) is 0 Å². The van der Waals surface area contributed by atoms with Crippen LogP contribution >= 0.6 is 0 Å². The molecule has 1 N–H and O–H groups in total. The molecule has 2 heterocycles. The highest BCUT2D eigenvalue weighted by Crippen LogP contribution is 2.32. The van der Waals surface area contributed by atoms with E-state index >= 15 is 0 Å². The fourth-order valence-corrected chi connectivity index (χ4v) is 1.15. The van der Waals surface area contributed by atoms with Crippen LogP contribution in [0.15, 0.2) is 0 Å². The predicted octanol–water partition coefficient (Wildman–Crippen LogP) is -0.330. The van der Waals surface area contributed by atoms with Gasteiger partial charge in [0.15, 0.2) is 18.9 Å². The van der Waals surface area contributed by atoms with Gasteiger partial charge in [-0.1, -0.05) is 0 Å². The van der Waals surface area contributed by atoms with E-state index in [1.54, 1.807) is 0 Å². The molecule has 4 nitrogen and oxygen atoms in total. The number of ether oxygens (including phenoxy) is 3. The Hall–Kier alpha value is -0.160. The van der Waals surface area contributed by atoms with E-state index in [0.29, 0.717) is 6.61 Å². The summed E-state index contributed by atoms with van der Waals surface area (Å²) < 4.78 is 15.1. The molecule has 0 aromatic heterocycles. The van der Waals surface area contributed by atoms with Crippen molar-refractivity contribution in [1.82, 2.24) is 0 Å². The molecule has 58 valence electrons. The quantitative estimate of drug-likeness (QED) is 0.508. The van der Waals surface area contributed by atoms with Gasteiger partial charge in [0.05, 0.1) is 12.5 Å². The maximum atomic E-state index is 8.95. The molecule has 0 aromatic carbocycles. The van der Waals surface area contributed by atoms with Gasteiger partial charge in [-0.3, -0.25) is 0 Å². The SMILES string of the molecule is CC1OCC2C(O1)O[C@H]2O. The fraction of sp³-hybridized carbons (Fsp3) is 1.00. The highest BCUT2D eigenvalue weighted by atomic mass is 16.8. The average molecular weight is 146 g/mol. The van der Waals surface area contributed by atoms with E-state index in [-0.39, 0.29) is 18.5 Å². The zero-order valence-corrected chi connectivity index (χ0v) is 5.69. The third-order valence-corrected chi connectivity index (χ3v) is 1.84. The maximum absolute atomic E-state index is 8.95. The summed E-state index contributed by atoms with van der Waals surface area (Å²) >= 11 is 0. The van der Waals surface area contributed by atoms with Gasteiger partial charge in [-0.2, -0.15) is 0 Å². The van der Waals surface area contributed by atoms with Crippen LogP contribution in [0.1, 0.15) is 6.92 Å². The number of rotatable bonds is 0. The molecular weight excluding hydrogens is 136 g/mol. The lowest BCUT2D eigenvalue weighted by Crippen LogP contribution is -2.57. The van der Waals surface area contributed by atoms with Crippen LogP contribution < -0.4 is 0 Å². The number of hydrogen-bond acceptors (Lipinski definition) is 4. The summed E-state index contributed by atoms with van der Waals surface area (Å²) in [6, 6.07) is 0. The van der Waals surface area contributed by atoms with Gasteiger partial charge in [0, 0.05) is 0 Å². The van der Waals surface area contributed by atoms with E-state index in [4.69, 9.17) is 19.3 Å². The molecule has 4 atom stereocenters. The van der Waals surface area contributed by atoms with Gasteiger partial charge in [-0.25, -0.2) is 0 Å². The summed E-state index contributed by atoms with van der Waals surface area (Å²) in [6.07, 6.45) is -1.12. The van der Waals surface area contributed by atoms with E-state index in [1.807, 2.05) is 6.92 Å². The third kappa shape index (κ3) is 0.845. The van der Waals surface area contributed by atoms with Crippen LogP contribution in [0.3, 0.4) is 0 Å². The van der Waals surface area contributed by atoms with Crippen LogP contribution in [0.2, 0.25) is 0 Å². The predicted molar refractivity (Wildman–Crippen MR) is 30.9 cm³/mol. The molecule has 0 spiro atoms. The van der Waals surface area contributed by atoms with Crippen LogP contribution in [0.4, 0.5) is 0 Å². The molecule has 2 rings (SSSR count). The Morgan fingerprint density at radius 1 is 1.40 bits per heavy atom. The van der Waals surface area contributed by atoms with Gasteiger partial charge < -0.3 is 19.3 Å². The molecule has 2 aliphatic rings. The summed E-state index contributed by atoms with van der Waals surface area (Å²) in [6.45, 7) is 2.34. The first-order valence-corrected chi connectivity index (χ1v) is 3.38. The number of aliphatic hydroxyl groups excluding tert-OH is 1. The normalized spacial score (nSPS) is 53.4. The van der Waals surface area contributed by atoms with Crippen molar-refractivity contribution in [3.63, 3.8) is 0 Å². The Morgan fingerprint density at radius 2 is 2.20 bits per heavy atom. The largest absolute Gasteiger partial charge is 0.367 e. The van der Waals surface area contributed by atoms with E-state index in [0.717, 1.165) is 0 Å². The molecular formula is C6H10O4. The molecule has 0 amide bonds. The molecule has 2 saturated heterocycles. The van der Waals surface area contributed by atoms with Crippen molar-refractivity contribution in [2.45, 2.75) is 25.8 Å². The van der Waals surface area contributed by atoms with E-state index in [1.165, 1.54) is 0 Å². The van der Waals surface area contributed by atoms with Crippen molar-refractivity contribution in [3.8, 4) is 0 Å². The summed E-state index contributed by atoms with van der Waals surface area (Å²) in [7, 11) is 0. The maximum Gasteiger partial charge on any atom is 0.173 e. The second-order valence-electron chi connectivity index (χ2n) is 2.60. The fourth-order valence-electron chi connectivity index (χ4n) is 1.15. The lowest BCUT2D eigenvalue weighted by molar-refractivity contribution is -0.429. The first kappa shape index (κ1) is 6.54. The molecule has 0 bridgehead atoms. The highest BCUT2D eigenvalue weighted by Gasteiger charge is 2.46. The lowest BCUT2D eigenvalue weighted by Gasteiger charge is -2.45. The van der Waals surface area contributed by atoms with Crippen molar-refractivity contribution in [2.75, 3.05) is 6.61 Å². The van der Waals surface area contributed by atoms with Gasteiger partial charge >= 0.3 is 0 Å². The molecule has 0 aromatic rings. The molecule has 2 aliphatic heterocycles. The number of hydrogen-bond donors (Lipinski definition) is 1. The minimum Gasteiger partial charge on any atom is -0.367 e. The van der Waals surface area contributed by atoms with Crippen molar-refractivity contribution >= 4 is 0 Å². The highest BCUT2D eigenvalue weighted by molar-refractivity contribution is 4.78. The van der Waals surface area contributed by atoms with Crippen molar-refractivity contribution < 1.29 is 19.3 Å². The molecule has 4 heteroatoms. The van der Waals surface area contributed by atoms with Gasteiger partial charge in [-0.15, -0.1) is 0 Å². The minimum absolute atomic E-state index is 0.0243. The first-order valence-electron chi connectivity index (χ1n) is 3.38. The second-order valence-corrected chi connectivity index (χ2v) is 2.60. The molecule has 0 saturated carbocycles. The Balaban J connectivity index is 1.93. The zero-order chi connectivity index (χ0) is 7.14. The van der Waals surface area contributed by atoms with Crippen LogP contribution in [0, 0.1) is 5.92 Å². The zero-order valence-electron chi connectivity index (χ0n) is 5.69. The van der Waals surface area contributed by atoms with E-state index in [2.05, 4.69) is 0 Å². The Labute approximate surface area is 58.7 Å². The standard InChI is InChI=1S/C6H10O4/c1-3-8-2-4-5(7)10-6(4)9-3/h3-7H,2H2,1H3/t3?,4?,5-,6?/m1/s1.